The Morgan fingerprint density at radius 1 is 1.15 bits per heavy atom. The van der Waals surface area contributed by atoms with Gasteiger partial charge in [-0.1, -0.05) is 41.3 Å². The Labute approximate surface area is 200 Å². The van der Waals surface area contributed by atoms with Crippen molar-refractivity contribution in [2.24, 2.45) is 0 Å². The molecule has 1 aliphatic heterocycles. The van der Waals surface area contributed by atoms with Crippen LogP contribution in [-0.4, -0.2) is 64.9 Å². The fraction of sp³-hybridized carbons (Fsp3) is 0.364. The molecule has 0 saturated carbocycles. The highest BCUT2D eigenvalue weighted by atomic mass is 32.2. The molecule has 0 radical (unpaired) electrons. The quantitative estimate of drug-likeness (QED) is 0.460. The molecule has 33 heavy (non-hydrogen) atoms. The molecule has 1 fully saturated rings. The van der Waals surface area contributed by atoms with Crippen molar-refractivity contribution in [3.8, 4) is 5.75 Å². The summed E-state index contributed by atoms with van der Waals surface area (Å²) >= 11 is 2.81. The number of ether oxygens (including phenoxy) is 1. The summed E-state index contributed by atoms with van der Waals surface area (Å²) < 4.78 is 11.7. The van der Waals surface area contributed by atoms with E-state index in [-0.39, 0.29) is 17.6 Å². The molecule has 0 spiro atoms. The first-order chi connectivity index (χ1) is 16.1. The molecule has 1 saturated heterocycles. The molecule has 9 nitrogen and oxygen atoms in total. The Hall–Kier alpha value is -3.05. The normalized spacial score (nSPS) is 14.7. The second-order valence-electron chi connectivity index (χ2n) is 7.38. The Morgan fingerprint density at radius 3 is 2.67 bits per heavy atom. The molecule has 1 aliphatic rings. The second kappa shape index (κ2) is 11.2. The average Bonchev–Trinajstić information content (AvgIpc) is 3.54. The fourth-order valence-corrected chi connectivity index (χ4v) is 5.02. The smallest absolute Gasteiger partial charge is 0.263 e. The van der Waals surface area contributed by atoms with Gasteiger partial charge in [0.15, 0.2) is 10.4 Å². The van der Waals surface area contributed by atoms with Gasteiger partial charge in [-0.15, -0.1) is 10.2 Å². The van der Waals surface area contributed by atoms with Gasteiger partial charge < -0.3 is 24.3 Å². The second-order valence-corrected chi connectivity index (χ2v) is 9.56. The van der Waals surface area contributed by atoms with E-state index in [4.69, 9.17) is 9.15 Å². The number of furan rings is 1. The molecule has 2 aromatic heterocycles. The van der Waals surface area contributed by atoms with E-state index in [9.17, 15) is 9.59 Å². The highest BCUT2D eigenvalue weighted by Crippen LogP contribution is 2.28. The van der Waals surface area contributed by atoms with Crippen LogP contribution in [0.25, 0.3) is 0 Å². The van der Waals surface area contributed by atoms with Gasteiger partial charge in [-0.25, -0.2) is 0 Å². The third kappa shape index (κ3) is 6.48. The molecule has 1 unspecified atom stereocenters. The van der Waals surface area contributed by atoms with Gasteiger partial charge in [-0.2, -0.15) is 0 Å². The zero-order valence-corrected chi connectivity index (χ0v) is 19.8. The van der Waals surface area contributed by atoms with E-state index in [2.05, 4.69) is 20.4 Å². The van der Waals surface area contributed by atoms with Gasteiger partial charge in [0.1, 0.15) is 11.5 Å². The third-order valence-electron chi connectivity index (χ3n) is 5.03. The summed E-state index contributed by atoms with van der Waals surface area (Å²) in [7, 11) is 0. The van der Waals surface area contributed by atoms with E-state index in [1.165, 1.54) is 23.1 Å². The molecule has 4 rings (SSSR count). The molecule has 1 N–H and O–H groups in total. The van der Waals surface area contributed by atoms with Crippen LogP contribution < -0.4 is 15.0 Å². The summed E-state index contributed by atoms with van der Waals surface area (Å²) in [5.74, 6) is 1.55. The number of hydrogen-bond acceptors (Lipinski definition) is 9. The number of piperazine rings is 1. The van der Waals surface area contributed by atoms with Crippen molar-refractivity contribution in [2.45, 2.75) is 23.9 Å². The summed E-state index contributed by atoms with van der Waals surface area (Å²) in [6.45, 7) is 4.68. The van der Waals surface area contributed by atoms with Crippen LogP contribution >= 0.6 is 23.1 Å². The third-order valence-corrected chi connectivity index (χ3v) is 7.15. The van der Waals surface area contributed by atoms with Gasteiger partial charge in [0.05, 0.1) is 18.6 Å². The SMILES string of the molecule is CC(Oc1ccccc1)C(=O)N1CCN(c2nnc(SCC(=O)NCc3ccco3)s2)CC1. The molecular formula is C22H25N5O4S2. The Bertz CT molecular complexity index is 1040. The monoisotopic (exact) mass is 487 g/mol. The Balaban J connectivity index is 1.20. The molecule has 0 bridgehead atoms. The number of thioether (sulfide) groups is 1. The lowest BCUT2D eigenvalue weighted by molar-refractivity contribution is -0.138. The van der Waals surface area contributed by atoms with Crippen LogP contribution in [0.1, 0.15) is 12.7 Å². The van der Waals surface area contributed by atoms with Crippen LogP contribution in [0.4, 0.5) is 5.13 Å². The average molecular weight is 488 g/mol. The van der Waals surface area contributed by atoms with E-state index < -0.39 is 6.10 Å². The summed E-state index contributed by atoms with van der Waals surface area (Å²) in [6.07, 6.45) is 1.04. The summed E-state index contributed by atoms with van der Waals surface area (Å²) in [4.78, 5) is 28.7. The molecule has 1 atom stereocenters. The lowest BCUT2D eigenvalue weighted by atomic mass is 10.2. The number of hydrogen-bond donors (Lipinski definition) is 1. The number of carbonyl (C=O) groups is 2. The number of carbonyl (C=O) groups excluding carboxylic acids is 2. The predicted molar refractivity (Wildman–Crippen MR) is 127 cm³/mol. The van der Waals surface area contributed by atoms with Gasteiger partial charge >= 0.3 is 0 Å². The minimum Gasteiger partial charge on any atom is -0.481 e. The van der Waals surface area contributed by atoms with Crippen molar-refractivity contribution in [3.63, 3.8) is 0 Å². The zero-order valence-electron chi connectivity index (χ0n) is 18.2. The van der Waals surface area contributed by atoms with Crippen molar-refractivity contribution in [2.75, 3.05) is 36.8 Å². The van der Waals surface area contributed by atoms with Crippen molar-refractivity contribution < 1.29 is 18.7 Å². The summed E-state index contributed by atoms with van der Waals surface area (Å²) in [5, 5.41) is 12.1. The molecule has 3 heterocycles. The van der Waals surface area contributed by atoms with Gasteiger partial charge in [0.2, 0.25) is 11.0 Å². The zero-order chi connectivity index (χ0) is 23.0. The molecule has 1 aromatic carbocycles. The summed E-state index contributed by atoms with van der Waals surface area (Å²) in [5.41, 5.74) is 0. The van der Waals surface area contributed by atoms with Gasteiger partial charge in [0.25, 0.3) is 5.91 Å². The number of nitrogens with zero attached hydrogens (tertiary/aromatic N) is 4. The minimum absolute atomic E-state index is 0.0208. The lowest BCUT2D eigenvalue weighted by Gasteiger charge is -2.35. The number of para-hydroxylation sites is 1. The number of benzene rings is 1. The van der Waals surface area contributed by atoms with Crippen LogP contribution in [0.5, 0.6) is 5.75 Å². The van der Waals surface area contributed by atoms with Crippen molar-refractivity contribution in [3.05, 3.63) is 54.5 Å². The molecule has 3 aromatic rings. The van der Waals surface area contributed by atoms with Crippen LogP contribution in [0.3, 0.4) is 0 Å². The first-order valence-electron chi connectivity index (χ1n) is 10.6. The van der Waals surface area contributed by atoms with Crippen LogP contribution in [0.15, 0.2) is 57.5 Å². The first-order valence-corrected chi connectivity index (χ1v) is 12.4. The maximum absolute atomic E-state index is 12.7. The van der Waals surface area contributed by atoms with Gasteiger partial charge in [-0.3, -0.25) is 9.59 Å². The molecule has 11 heteroatoms. The van der Waals surface area contributed by atoms with E-state index in [0.717, 1.165) is 9.47 Å². The topological polar surface area (TPSA) is 101 Å². The van der Waals surface area contributed by atoms with Crippen molar-refractivity contribution in [1.29, 1.82) is 0 Å². The minimum atomic E-state index is -0.539. The van der Waals surface area contributed by atoms with E-state index in [0.29, 0.717) is 44.2 Å². The molecule has 2 amide bonds. The highest BCUT2D eigenvalue weighted by molar-refractivity contribution is 8.01. The standard InChI is InChI=1S/C22H25N5O4S2/c1-16(31-17-6-3-2-4-7-17)20(29)26-9-11-27(12-10-26)21-24-25-22(33-21)32-15-19(28)23-14-18-8-5-13-30-18/h2-8,13,16H,9-12,14-15H2,1H3,(H,23,28). The van der Waals surface area contributed by atoms with Crippen LogP contribution in [0.2, 0.25) is 0 Å². The Kier molecular flexibility index (Phi) is 7.84. The van der Waals surface area contributed by atoms with E-state index in [1.807, 2.05) is 41.3 Å². The lowest BCUT2D eigenvalue weighted by Crippen LogP contribution is -2.52. The van der Waals surface area contributed by atoms with Crippen molar-refractivity contribution in [1.82, 2.24) is 20.4 Å². The number of nitrogens with one attached hydrogen (secondary N) is 1. The van der Waals surface area contributed by atoms with E-state index in [1.54, 1.807) is 19.3 Å². The van der Waals surface area contributed by atoms with Crippen LogP contribution in [0, 0.1) is 0 Å². The first kappa shape index (κ1) is 23.1. The predicted octanol–water partition coefficient (Wildman–Crippen LogP) is 2.66. The number of rotatable bonds is 9. The van der Waals surface area contributed by atoms with Crippen molar-refractivity contribution >= 4 is 40.0 Å². The van der Waals surface area contributed by atoms with Crippen LogP contribution in [-0.2, 0) is 16.1 Å². The molecule has 174 valence electrons. The maximum atomic E-state index is 12.7. The number of amides is 2. The molecule has 0 aliphatic carbocycles. The van der Waals surface area contributed by atoms with Gasteiger partial charge in [-0.05, 0) is 31.2 Å². The maximum Gasteiger partial charge on any atom is 0.263 e. The number of aromatic nitrogens is 2. The number of anilines is 1. The highest BCUT2D eigenvalue weighted by Gasteiger charge is 2.27. The largest absolute Gasteiger partial charge is 0.481 e. The summed E-state index contributed by atoms with van der Waals surface area (Å²) in [6, 6.07) is 13.0. The Morgan fingerprint density at radius 2 is 1.94 bits per heavy atom. The van der Waals surface area contributed by atoms with E-state index >= 15 is 0 Å². The molecular weight excluding hydrogens is 462 g/mol. The van der Waals surface area contributed by atoms with Gasteiger partial charge in [0, 0.05) is 26.2 Å². The fourth-order valence-electron chi connectivity index (χ4n) is 3.29.